The van der Waals surface area contributed by atoms with Crippen molar-refractivity contribution in [2.24, 2.45) is 0 Å². The summed E-state index contributed by atoms with van der Waals surface area (Å²) in [6.45, 7) is 2.93. The summed E-state index contributed by atoms with van der Waals surface area (Å²) in [5, 5.41) is 6.83. The molecule has 0 radical (unpaired) electrons. The summed E-state index contributed by atoms with van der Waals surface area (Å²) in [5.74, 6) is -0.360. The molecule has 2 aromatic heterocycles. The van der Waals surface area contributed by atoms with E-state index in [0.717, 1.165) is 39.1 Å². The van der Waals surface area contributed by atoms with Gasteiger partial charge < -0.3 is 10.3 Å². The fourth-order valence-electron chi connectivity index (χ4n) is 2.86. The van der Waals surface area contributed by atoms with Gasteiger partial charge in [0.05, 0.1) is 15.6 Å². The van der Waals surface area contributed by atoms with Gasteiger partial charge in [0.25, 0.3) is 5.56 Å². The highest BCUT2D eigenvalue weighted by molar-refractivity contribution is 7.23. The van der Waals surface area contributed by atoms with Crippen molar-refractivity contribution in [3.63, 3.8) is 0 Å². The van der Waals surface area contributed by atoms with Gasteiger partial charge in [0.15, 0.2) is 5.13 Å². The van der Waals surface area contributed by atoms with Crippen LogP contribution in [0.15, 0.2) is 35.3 Å². The number of pyridine rings is 1. The van der Waals surface area contributed by atoms with Crippen LogP contribution in [0.5, 0.6) is 0 Å². The monoisotopic (exact) mass is 327 g/mol. The molecule has 0 saturated carbocycles. The predicted molar refractivity (Wildman–Crippen MR) is 94.0 cm³/mol. The number of anilines is 1. The van der Waals surface area contributed by atoms with Gasteiger partial charge in [-0.3, -0.25) is 4.79 Å². The summed E-state index contributed by atoms with van der Waals surface area (Å²) < 4.78 is 14.7. The first-order valence-corrected chi connectivity index (χ1v) is 8.27. The van der Waals surface area contributed by atoms with E-state index in [9.17, 15) is 9.18 Å². The Balaban J connectivity index is 2.20. The van der Waals surface area contributed by atoms with E-state index >= 15 is 0 Å². The van der Waals surface area contributed by atoms with Crippen LogP contribution < -0.4 is 10.9 Å². The Morgan fingerprint density at radius 3 is 2.96 bits per heavy atom. The van der Waals surface area contributed by atoms with Crippen LogP contribution in [0.25, 0.3) is 31.8 Å². The van der Waals surface area contributed by atoms with Gasteiger partial charge in [0.2, 0.25) is 0 Å². The van der Waals surface area contributed by atoms with E-state index < -0.39 is 0 Å². The summed E-state index contributed by atoms with van der Waals surface area (Å²) >= 11 is 1.53. The largest absolute Gasteiger partial charge is 0.361 e. The van der Waals surface area contributed by atoms with Crippen LogP contribution in [0.3, 0.4) is 0 Å². The van der Waals surface area contributed by atoms with E-state index in [1.165, 1.54) is 23.5 Å². The van der Waals surface area contributed by atoms with Crippen molar-refractivity contribution < 1.29 is 4.39 Å². The van der Waals surface area contributed by atoms with E-state index in [4.69, 9.17) is 0 Å². The van der Waals surface area contributed by atoms with E-state index in [-0.39, 0.29) is 11.4 Å². The number of benzene rings is 2. The molecule has 0 aliphatic rings. The molecule has 2 aromatic carbocycles. The highest BCUT2D eigenvalue weighted by Gasteiger charge is 2.15. The summed E-state index contributed by atoms with van der Waals surface area (Å²) in [6, 6.07) is 6.36. The number of halogens is 1. The Morgan fingerprint density at radius 2 is 2.13 bits per heavy atom. The summed E-state index contributed by atoms with van der Waals surface area (Å²) in [6.07, 6.45) is 2.62. The Hall–Kier alpha value is -2.47. The second-order valence-corrected chi connectivity index (χ2v) is 6.41. The van der Waals surface area contributed by atoms with Crippen molar-refractivity contribution in [1.29, 1.82) is 0 Å². The maximum absolute atomic E-state index is 13.7. The summed E-state index contributed by atoms with van der Waals surface area (Å²) in [5.41, 5.74) is 0.596. The molecule has 0 bridgehead atoms. The normalized spacial score (nSPS) is 11.6. The summed E-state index contributed by atoms with van der Waals surface area (Å²) in [4.78, 5) is 19.7. The average Bonchev–Trinajstić information content (AvgIpc) is 2.97. The smallest absolute Gasteiger partial charge is 0.256 e. The molecule has 6 heteroatoms. The molecule has 4 nitrogen and oxygen atoms in total. The third-order valence-corrected chi connectivity index (χ3v) is 4.91. The third kappa shape index (κ3) is 2.17. The van der Waals surface area contributed by atoms with Gasteiger partial charge in [0.1, 0.15) is 5.82 Å². The van der Waals surface area contributed by atoms with Crippen LogP contribution in [0.4, 0.5) is 9.52 Å². The molecule has 116 valence electrons. The lowest BCUT2D eigenvalue weighted by Crippen LogP contribution is -2.05. The molecular weight excluding hydrogens is 313 g/mol. The first-order valence-electron chi connectivity index (χ1n) is 7.46. The molecule has 4 rings (SSSR count). The zero-order valence-electron chi connectivity index (χ0n) is 12.4. The molecule has 2 N–H and O–H groups in total. The lowest BCUT2D eigenvalue weighted by molar-refractivity contribution is 0.630. The maximum Gasteiger partial charge on any atom is 0.256 e. The Bertz CT molecular complexity index is 1100. The van der Waals surface area contributed by atoms with Gasteiger partial charge in [-0.2, -0.15) is 0 Å². The van der Waals surface area contributed by atoms with Gasteiger partial charge in [-0.1, -0.05) is 18.3 Å². The SMILES string of the molecule is CCCNc1nc2c3ccc(F)cc3c3c(=O)[nH]ccc3c2s1. The fourth-order valence-corrected chi connectivity index (χ4v) is 3.89. The number of hydrogen-bond donors (Lipinski definition) is 2. The van der Waals surface area contributed by atoms with Crippen molar-refractivity contribution in [2.45, 2.75) is 13.3 Å². The minimum absolute atomic E-state index is 0.212. The van der Waals surface area contributed by atoms with Gasteiger partial charge in [0, 0.05) is 28.9 Å². The second kappa shape index (κ2) is 5.31. The Kier molecular flexibility index (Phi) is 3.27. The second-order valence-electron chi connectivity index (χ2n) is 5.41. The highest BCUT2D eigenvalue weighted by Crippen LogP contribution is 2.38. The number of nitrogens with one attached hydrogen (secondary N) is 2. The standard InChI is InChI=1S/C17H14FN3OS/c1-2-6-20-17-21-14-10-4-3-9(18)8-12(10)13-11(15(14)23-17)5-7-19-16(13)22/h3-5,7-8H,2,6H2,1H3,(H,19,22)(H,20,21). The first kappa shape index (κ1) is 14.1. The molecule has 4 aromatic rings. The Morgan fingerprint density at radius 1 is 1.26 bits per heavy atom. The van der Waals surface area contributed by atoms with E-state index in [0.29, 0.717) is 10.8 Å². The number of H-pyrrole nitrogens is 1. The number of rotatable bonds is 3. The third-order valence-electron chi connectivity index (χ3n) is 3.86. The minimum atomic E-state index is -0.360. The zero-order chi connectivity index (χ0) is 16.0. The molecule has 0 unspecified atom stereocenters. The van der Waals surface area contributed by atoms with Crippen LogP contribution in [0, 0.1) is 5.82 Å². The molecule has 2 heterocycles. The van der Waals surface area contributed by atoms with Gasteiger partial charge in [-0.05, 0) is 30.7 Å². The van der Waals surface area contributed by atoms with Gasteiger partial charge in [-0.25, -0.2) is 9.37 Å². The molecule has 0 atom stereocenters. The van der Waals surface area contributed by atoms with Crippen molar-refractivity contribution >= 4 is 48.2 Å². The number of fused-ring (bicyclic) bond motifs is 6. The van der Waals surface area contributed by atoms with Crippen LogP contribution in [-0.4, -0.2) is 16.5 Å². The molecule has 0 aliphatic heterocycles. The molecular formula is C17H14FN3OS. The molecule has 0 fully saturated rings. The zero-order valence-corrected chi connectivity index (χ0v) is 13.3. The molecule has 0 aliphatic carbocycles. The fraction of sp³-hybridized carbons (Fsp3) is 0.176. The number of thiazole rings is 1. The van der Waals surface area contributed by atoms with Crippen LogP contribution >= 0.6 is 11.3 Å². The number of nitrogens with zero attached hydrogens (tertiary/aromatic N) is 1. The lowest BCUT2D eigenvalue weighted by atomic mass is 10.0. The van der Waals surface area contributed by atoms with Crippen molar-refractivity contribution in [3.05, 3.63) is 46.6 Å². The van der Waals surface area contributed by atoms with Crippen molar-refractivity contribution in [2.75, 3.05) is 11.9 Å². The lowest BCUT2D eigenvalue weighted by Gasteiger charge is -2.05. The summed E-state index contributed by atoms with van der Waals surface area (Å²) in [7, 11) is 0. The Labute approximate surface area is 135 Å². The molecule has 0 saturated heterocycles. The predicted octanol–water partition coefficient (Wildman–Crippen LogP) is 4.25. The number of aromatic amines is 1. The van der Waals surface area contributed by atoms with Crippen molar-refractivity contribution in [3.8, 4) is 0 Å². The number of hydrogen-bond acceptors (Lipinski definition) is 4. The maximum atomic E-state index is 13.7. The molecule has 0 amide bonds. The van der Waals surface area contributed by atoms with Crippen LogP contribution in [0.2, 0.25) is 0 Å². The van der Waals surface area contributed by atoms with Gasteiger partial charge >= 0.3 is 0 Å². The molecule has 23 heavy (non-hydrogen) atoms. The average molecular weight is 327 g/mol. The van der Waals surface area contributed by atoms with E-state index in [1.54, 1.807) is 12.3 Å². The van der Waals surface area contributed by atoms with Crippen molar-refractivity contribution in [1.82, 2.24) is 9.97 Å². The van der Waals surface area contributed by atoms with Crippen LogP contribution in [0.1, 0.15) is 13.3 Å². The topological polar surface area (TPSA) is 57.8 Å². The quantitative estimate of drug-likeness (QED) is 0.553. The van der Waals surface area contributed by atoms with E-state index in [1.807, 2.05) is 6.07 Å². The minimum Gasteiger partial charge on any atom is -0.361 e. The number of aromatic nitrogens is 2. The van der Waals surface area contributed by atoms with Crippen LogP contribution in [-0.2, 0) is 0 Å². The highest BCUT2D eigenvalue weighted by atomic mass is 32.1. The first-order chi connectivity index (χ1) is 11.2. The van der Waals surface area contributed by atoms with E-state index in [2.05, 4.69) is 22.2 Å². The van der Waals surface area contributed by atoms with Gasteiger partial charge in [-0.15, -0.1) is 0 Å². The molecule has 0 spiro atoms.